The van der Waals surface area contributed by atoms with Gasteiger partial charge in [0.25, 0.3) is 5.91 Å². The summed E-state index contributed by atoms with van der Waals surface area (Å²) < 4.78 is 0. The molecule has 0 aliphatic rings. The maximum absolute atomic E-state index is 12.0. The molecule has 6 nitrogen and oxygen atoms in total. The van der Waals surface area contributed by atoms with E-state index in [9.17, 15) is 9.59 Å². The zero-order chi connectivity index (χ0) is 14.7. The van der Waals surface area contributed by atoms with Crippen LogP contribution < -0.4 is 11.1 Å². The Morgan fingerprint density at radius 1 is 1.40 bits per heavy atom. The molecular weight excluding hydrogens is 256 g/mol. The second-order valence-corrected chi connectivity index (χ2v) is 4.59. The molecule has 0 unspecified atom stereocenters. The number of nitrogen functional groups attached to an aromatic ring is 1. The Balaban J connectivity index is 2.08. The largest absolute Gasteiger partial charge is 0.397 e. The number of amides is 2. The fourth-order valence-corrected chi connectivity index (χ4v) is 1.86. The molecule has 2 aromatic rings. The van der Waals surface area contributed by atoms with Crippen LogP contribution in [-0.4, -0.2) is 41.8 Å². The van der Waals surface area contributed by atoms with Gasteiger partial charge < -0.3 is 20.9 Å². The van der Waals surface area contributed by atoms with Gasteiger partial charge in [0.15, 0.2) is 0 Å². The summed E-state index contributed by atoms with van der Waals surface area (Å²) in [5, 5.41) is 3.46. The van der Waals surface area contributed by atoms with Crippen LogP contribution in [0.25, 0.3) is 10.9 Å². The summed E-state index contributed by atoms with van der Waals surface area (Å²) in [6.45, 7) is 2.46. The van der Waals surface area contributed by atoms with Gasteiger partial charge in [-0.25, -0.2) is 0 Å². The minimum absolute atomic E-state index is 0.0198. The molecule has 0 aliphatic carbocycles. The predicted octanol–water partition coefficient (Wildman–Crippen LogP) is 0.958. The summed E-state index contributed by atoms with van der Waals surface area (Å²) in [6.07, 6.45) is 0. The van der Waals surface area contributed by atoms with Crippen LogP contribution in [0, 0.1) is 0 Å². The highest BCUT2D eigenvalue weighted by Crippen LogP contribution is 2.20. The number of aromatic nitrogens is 1. The number of likely N-dealkylation sites (N-methyl/N-ethyl adjacent to an activating group) is 1. The lowest BCUT2D eigenvalue weighted by molar-refractivity contribution is -0.128. The van der Waals surface area contributed by atoms with E-state index in [2.05, 4.69) is 10.3 Å². The molecule has 2 amide bonds. The van der Waals surface area contributed by atoms with Crippen molar-refractivity contribution >= 4 is 28.4 Å². The van der Waals surface area contributed by atoms with Crippen molar-refractivity contribution in [1.82, 2.24) is 15.2 Å². The highest BCUT2D eigenvalue weighted by atomic mass is 16.2. The number of carbonyl (C=O) groups is 2. The van der Waals surface area contributed by atoms with E-state index in [0.29, 0.717) is 17.9 Å². The van der Waals surface area contributed by atoms with Gasteiger partial charge in [0.05, 0.1) is 17.7 Å². The first-order valence-electron chi connectivity index (χ1n) is 6.42. The van der Waals surface area contributed by atoms with Crippen LogP contribution in [0.5, 0.6) is 0 Å². The lowest BCUT2D eigenvalue weighted by Crippen LogP contribution is -2.38. The number of fused-ring (bicyclic) bond motifs is 1. The molecule has 4 N–H and O–H groups in total. The lowest BCUT2D eigenvalue weighted by Gasteiger charge is -2.14. The molecule has 6 heteroatoms. The van der Waals surface area contributed by atoms with Gasteiger partial charge in [-0.05, 0) is 19.1 Å². The Morgan fingerprint density at radius 3 is 2.80 bits per heavy atom. The van der Waals surface area contributed by atoms with E-state index in [-0.39, 0.29) is 18.4 Å². The number of anilines is 1. The van der Waals surface area contributed by atoms with Crippen LogP contribution in [0.4, 0.5) is 5.69 Å². The SMILES string of the molecule is CCN(C)C(=O)CNC(=O)c1cc2cccc(N)c2[nH]1. The third-order valence-corrected chi connectivity index (χ3v) is 3.23. The average Bonchev–Trinajstić information content (AvgIpc) is 2.89. The van der Waals surface area contributed by atoms with Gasteiger partial charge in [-0.15, -0.1) is 0 Å². The molecule has 1 aromatic carbocycles. The molecule has 0 spiro atoms. The highest BCUT2D eigenvalue weighted by Gasteiger charge is 2.13. The number of H-pyrrole nitrogens is 1. The molecule has 20 heavy (non-hydrogen) atoms. The Labute approximate surface area is 116 Å². The van der Waals surface area contributed by atoms with Crippen LogP contribution >= 0.6 is 0 Å². The van der Waals surface area contributed by atoms with Crippen LogP contribution in [0.3, 0.4) is 0 Å². The molecule has 106 valence electrons. The number of rotatable bonds is 4. The maximum Gasteiger partial charge on any atom is 0.268 e. The summed E-state index contributed by atoms with van der Waals surface area (Å²) in [4.78, 5) is 28.1. The van der Waals surface area contributed by atoms with Crippen molar-refractivity contribution < 1.29 is 9.59 Å². The van der Waals surface area contributed by atoms with Crippen molar-refractivity contribution in [3.63, 3.8) is 0 Å². The molecule has 0 saturated heterocycles. The Hall–Kier alpha value is -2.50. The Kier molecular flexibility index (Phi) is 3.93. The Morgan fingerprint density at radius 2 is 2.15 bits per heavy atom. The second-order valence-electron chi connectivity index (χ2n) is 4.59. The van der Waals surface area contributed by atoms with Crippen molar-refractivity contribution in [2.45, 2.75) is 6.92 Å². The molecule has 1 aromatic heterocycles. The molecule has 0 saturated carbocycles. The number of hydrogen-bond donors (Lipinski definition) is 3. The standard InChI is InChI=1S/C14H18N4O2/c1-3-18(2)12(19)8-16-14(20)11-7-9-5-4-6-10(15)13(9)17-11/h4-7,17H,3,8,15H2,1-2H3,(H,16,20). The van der Waals surface area contributed by atoms with Crippen molar-refractivity contribution in [3.05, 3.63) is 30.0 Å². The van der Waals surface area contributed by atoms with Crippen molar-refractivity contribution in [2.75, 3.05) is 25.9 Å². The molecule has 0 fully saturated rings. The molecule has 0 aliphatic heterocycles. The molecule has 0 radical (unpaired) electrons. The number of benzene rings is 1. The van der Waals surface area contributed by atoms with Crippen molar-refractivity contribution in [1.29, 1.82) is 0 Å². The molecule has 0 bridgehead atoms. The van der Waals surface area contributed by atoms with E-state index in [0.717, 1.165) is 10.9 Å². The minimum atomic E-state index is -0.321. The fourth-order valence-electron chi connectivity index (χ4n) is 1.86. The summed E-state index contributed by atoms with van der Waals surface area (Å²) >= 11 is 0. The third-order valence-electron chi connectivity index (χ3n) is 3.23. The smallest absolute Gasteiger partial charge is 0.268 e. The molecule has 0 atom stereocenters. The highest BCUT2D eigenvalue weighted by molar-refractivity contribution is 6.01. The van der Waals surface area contributed by atoms with Crippen molar-refractivity contribution in [2.24, 2.45) is 0 Å². The minimum Gasteiger partial charge on any atom is -0.397 e. The average molecular weight is 274 g/mol. The fraction of sp³-hybridized carbons (Fsp3) is 0.286. The summed E-state index contributed by atoms with van der Waals surface area (Å²) in [6, 6.07) is 7.18. The number of para-hydroxylation sites is 1. The van der Waals surface area contributed by atoms with Crippen LogP contribution in [-0.2, 0) is 4.79 Å². The van der Waals surface area contributed by atoms with E-state index < -0.39 is 0 Å². The monoisotopic (exact) mass is 274 g/mol. The molecule has 1 heterocycles. The van der Waals surface area contributed by atoms with E-state index in [4.69, 9.17) is 5.73 Å². The number of hydrogen-bond acceptors (Lipinski definition) is 3. The number of nitrogens with zero attached hydrogens (tertiary/aromatic N) is 1. The van der Waals surface area contributed by atoms with Gasteiger partial charge in [0, 0.05) is 19.0 Å². The quantitative estimate of drug-likeness (QED) is 0.725. The van der Waals surface area contributed by atoms with Gasteiger partial charge in [-0.2, -0.15) is 0 Å². The topological polar surface area (TPSA) is 91.2 Å². The van der Waals surface area contributed by atoms with Crippen LogP contribution in [0.1, 0.15) is 17.4 Å². The number of nitrogens with two attached hydrogens (primary N) is 1. The van der Waals surface area contributed by atoms with E-state index in [1.807, 2.05) is 19.1 Å². The Bertz CT molecular complexity index is 648. The van der Waals surface area contributed by atoms with E-state index in [1.165, 1.54) is 0 Å². The van der Waals surface area contributed by atoms with E-state index in [1.54, 1.807) is 24.1 Å². The van der Waals surface area contributed by atoms with Crippen molar-refractivity contribution in [3.8, 4) is 0 Å². The van der Waals surface area contributed by atoms with Gasteiger partial charge >= 0.3 is 0 Å². The first kappa shape index (κ1) is 13.9. The maximum atomic E-state index is 12.0. The second kappa shape index (κ2) is 5.64. The number of carbonyl (C=O) groups excluding carboxylic acids is 2. The van der Waals surface area contributed by atoms with Crippen LogP contribution in [0.2, 0.25) is 0 Å². The van der Waals surface area contributed by atoms with Gasteiger partial charge in [0.1, 0.15) is 5.69 Å². The summed E-state index contributed by atoms with van der Waals surface area (Å²) in [5.74, 6) is -0.449. The first-order valence-corrected chi connectivity index (χ1v) is 6.42. The lowest BCUT2D eigenvalue weighted by atomic mass is 10.2. The number of nitrogens with one attached hydrogen (secondary N) is 2. The van der Waals surface area contributed by atoms with E-state index >= 15 is 0 Å². The summed E-state index contributed by atoms with van der Waals surface area (Å²) in [7, 11) is 1.69. The number of aromatic amines is 1. The molecular formula is C14H18N4O2. The third kappa shape index (κ3) is 2.74. The normalized spacial score (nSPS) is 10.5. The molecule has 2 rings (SSSR count). The zero-order valence-corrected chi connectivity index (χ0v) is 11.6. The van der Waals surface area contributed by atoms with Gasteiger partial charge in [-0.1, -0.05) is 12.1 Å². The zero-order valence-electron chi connectivity index (χ0n) is 11.6. The predicted molar refractivity (Wildman–Crippen MR) is 78.4 cm³/mol. The first-order chi connectivity index (χ1) is 9.52. The summed E-state index contributed by atoms with van der Waals surface area (Å²) in [5.41, 5.74) is 7.54. The van der Waals surface area contributed by atoms with Crippen LogP contribution in [0.15, 0.2) is 24.3 Å². The van der Waals surface area contributed by atoms with Gasteiger partial charge in [-0.3, -0.25) is 9.59 Å². The van der Waals surface area contributed by atoms with Gasteiger partial charge in [0.2, 0.25) is 5.91 Å².